The molecule has 0 unspecified atom stereocenters. The van der Waals surface area contributed by atoms with Crippen LogP contribution in [0.25, 0.3) is 0 Å². The first-order valence-electron chi connectivity index (χ1n) is 8.32. The highest BCUT2D eigenvalue weighted by atomic mass is 32.2. The molecule has 0 radical (unpaired) electrons. The summed E-state index contributed by atoms with van der Waals surface area (Å²) < 4.78 is 5.67. The highest BCUT2D eigenvalue weighted by Crippen LogP contribution is 2.19. The van der Waals surface area contributed by atoms with Crippen molar-refractivity contribution in [3.63, 3.8) is 0 Å². The molecule has 1 aliphatic rings. The number of carbonyl (C=O) groups is 1. The standard InChI is InChI=1S/C17H27N3O2S/c1-5-22-14-7-6-10-20(11-14)16(21)9-8-15-12(2)18-17(23-4)19-13(15)3/h14H,5-11H2,1-4H3/t14-/m1/s1. The van der Waals surface area contributed by atoms with E-state index in [1.54, 1.807) is 11.8 Å². The van der Waals surface area contributed by atoms with Gasteiger partial charge < -0.3 is 9.64 Å². The molecule has 0 saturated carbocycles. The molecule has 0 spiro atoms. The highest BCUT2D eigenvalue weighted by molar-refractivity contribution is 7.98. The van der Waals surface area contributed by atoms with Gasteiger partial charge in [-0.05, 0) is 51.9 Å². The number of amides is 1. The molecule has 0 aromatic carbocycles. The Morgan fingerprint density at radius 3 is 2.65 bits per heavy atom. The van der Waals surface area contributed by atoms with Crippen LogP contribution in [0.5, 0.6) is 0 Å². The summed E-state index contributed by atoms with van der Waals surface area (Å²) in [7, 11) is 0. The van der Waals surface area contributed by atoms with Gasteiger partial charge in [0.25, 0.3) is 0 Å². The van der Waals surface area contributed by atoms with Gasteiger partial charge in [-0.2, -0.15) is 0 Å². The smallest absolute Gasteiger partial charge is 0.222 e. The lowest BCUT2D eigenvalue weighted by Gasteiger charge is -2.32. The van der Waals surface area contributed by atoms with Gasteiger partial charge in [0, 0.05) is 37.5 Å². The number of hydrogen-bond donors (Lipinski definition) is 0. The predicted molar refractivity (Wildman–Crippen MR) is 92.8 cm³/mol. The van der Waals surface area contributed by atoms with Gasteiger partial charge in [-0.15, -0.1) is 0 Å². The summed E-state index contributed by atoms with van der Waals surface area (Å²) in [5.41, 5.74) is 3.08. The zero-order valence-electron chi connectivity index (χ0n) is 14.6. The summed E-state index contributed by atoms with van der Waals surface area (Å²) in [4.78, 5) is 23.4. The Morgan fingerprint density at radius 2 is 2.04 bits per heavy atom. The van der Waals surface area contributed by atoms with Gasteiger partial charge in [0.15, 0.2) is 5.16 Å². The first-order valence-corrected chi connectivity index (χ1v) is 9.55. The van der Waals surface area contributed by atoms with E-state index in [0.717, 1.165) is 48.0 Å². The molecule has 1 aromatic rings. The number of hydrogen-bond acceptors (Lipinski definition) is 5. The van der Waals surface area contributed by atoms with E-state index >= 15 is 0 Å². The topological polar surface area (TPSA) is 55.3 Å². The molecular weight excluding hydrogens is 310 g/mol. The number of aryl methyl sites for hydroxylation is 2. The Morgan fingerprint density at radius 1 is 1.35 bits per heavy atom. The molecule has 0 aliphatic carbocycles. The average molecular weight is 337 g/mol. The molecule has 1 aliphatic heterocycles. The van der Waals surface area contributed by atoms with Crippen LogP contribution in [-0.4, -0.2) is 52.8 Å². The zero-order chi connectivity index (χ0) is 16.8. The number of likely N-dealkylation sites (tertiary alicyclic amines) is 1. The van der Waals surface area contributed by atoms with E-state index in [1.807, 2.05) is 31.9 Å². The SMILES string of the molecule is CCO[C@@H]1CCCN(C(=O)CCc2c(C)nc(SC)nc2C)C1. The summed E-state index contributed by atoms with van der Waals surface area (Å²) >= 11 is 1.55. The molecule has 0 bridgehead atoms. The maximum Gasteiger partial charge on any atom is 0.222 e. The van der Waals surface area contributed by atoms with Gasteiger partial charge >= 0.3 is 0 Å². The van der Waals surface area contributed by atoms with Crippen molar-refractivity contribution in [2.45, 2.75) is 57.7 Å². The van der Waals surface area contributed by atoms with Gasteiger partial charge in [-0.25, -0.2) is 9.97 Å². The molecule has 1 fully saturated rings. The largest absolute Gasteiger partial charge is 0.377 e. The fourth-order valence-corrected chi connectivity index (χ4v) is 3.54. The lowest BCUT2D eigenvalue weighted by molar-refractivity contribution is -0.135. The Kier molecular flexibility index (Phi) is 6.84. The van der Waals surface area contributed by atoms with E-state index in [2.05, 4.69) is 9.97 Å². The molecule has 5 nitrogen and oxygen atoms in total. The fraction of sp³-hybridized carbons (Fsp3) is 0.706. The van der Waals surface area contributed by atoms with Gasteiger partial charge in [0.1, 0.15) is 0 Å². The van der Waals surface area contributed by atoms with Crippen LogP contribution < -0.4 is 0 Å². The Labute approximate surface area is 143 Å². The third-order valence-electron chi connectivity index (χ3n) is 4.30. The Bertz CT molecular complexity index is 526. The maximum absolute atomic E-state index is 12.5. The quantitative estimate of drug-likeness (QED) is 0.590. The predicted octanol–water partition coefficient (Wildman–Crippen LogP) is 2.78. The number of aromatic nitrogens is 2. The number of carbonyl (C=O) groups excluding carboxylic acids is 1. The Hall–Kier alpha value is -1.14. The van der Waals surface area contributed by atoms with Crippen molar-refractivity contribution in [3.8, 4) is 0 Å². The maximum atomic E-state index is 12.5. The van der Waals surface area contributed by atoms with E-state index < -0.39 is 0 Å². The van der Waals surface area contributed by atoms with E-state index in [1.165, 1.54) is 0 Å². The summed E-state index contributed by atoms with van der Waals surface area (Å²) in [6.45, 7) is 8.30. The molecule has 1 atom stereocenters. The molecule has 1 aromatic heterocycles. The van der Waals surface area contributed by atoms with Crippen LogP contribution in [-0.2, 0) is 16.0 Å². The third-order valence-corrected chi connectivity index (χ3v) is 4.85. The van der Waals surface area contributed by atoms with Crippen molar-refractivity contribution in [1.29, 1.82) is 0 Å². The van der Waals surface area contributed by atoms with Gasteiger partial charge in [-0.3, -0.25) is 4.79 Å². The van der Waals surface area contributed by atoms with Crippen molar-refractivity contribution in [2.75, 3.05) is 26.0 Å². The van der Waals surface area contributed by atoms with Gasteiger partial charge in [0.05, 0.1) is 6.10 Å². The van der Waals surface area contributed by atoms with Crippen molar-refractivity contribution in [2.24, 2.45) is 0 Å². The van der Waals surface area contributed by atoms with Crippen molar-refractivity contribution >= 4 is 17.7 Å². The number of thioether (sulfide) groups is 1. The summed E-state index contributed by atoms with van der Waals surface area (Å²) in [6.07, 6.45) is 5.48. The van der Waals surface area contributed by atoms with E-state index in [9.17, 15) is 4.79 Å². The molecule has 23 heavy (non-hydrogen) atoms. The fourth-order valence-electron chi connectivity index (χ4n) is 3.09. The lowest BCUT2D eigenvalue weighted by atomic mass is 10.0. The molecule has 1 amide bonds. The van der Waals surface area contributed by atoms with Crippen LogP contribution in [0, 0.1) is 13.8 Å². The van der Waals surface area contributed by atoms with Crippen LogP contribution in [0.2, 0.25) is 0 Å². The number of rotatable bonds is 6. The van der Waals surface area contributed by atoms with Crippen LogP contribution >= 0.6 is 11.8 Å². The van der Waals surface area contributed by atoms with Crippen LogP contribution in [0.15, 0.2) is 5.16 Å². The first-order chi connectivity index (χ1) is 11.0. The van der Waals surface area contributed by atoms with Crippen LogP contribution in [0.3, 0.4) is 0 Å². The minimum atomic E-state index is 0.199. The molecule has 1 saturated heterocycles. The van der Waals surface area contributed by atoms with Crippen molar-refractivity contribution in [3.05, 3.63) is 17.0 Å². The minimum Gasteiger partial charge on any atom is -0.377 e. The Balaban J connectivity index is 1.94. The molecule has 0 N–H and O–H groups in total. The van der Waals surface area contributed by atoms with E-state index in [-0.39, 0.29) is 12.0 Å². The van der Waals surface area contributed by atoms with Crippen molar-refractivity contribution < 1.29 is 9.53 Å². The van der Waals surface area contributed by atoms with E-state index in [0.29, 0.717) is 19.4 Å². The van der Waals surface area contributed by atoms with Crippen LogP contribution in [0.4, 0.5) is 0 Å². The summed E-state index contributed by atoms with van der Waals surface area (Å²) in [5.74, 6) is 0.210. The van der Waals surface area contributed by atoms with Crippen molar-refractivity contribution in [1.82, 2.24) is 14.9 Å². The third kappa shape index (κ3) is 4.91. The number of piperidine rings is 1. The highest BCUT2D eigenvalue weighted by Gasteiger charge is 2.24. The number of nitrogens with zero attached hydrogens (tertiary/aromatic N) is 3. The average Bonchev–Trinajstić information content (AvgIpc) is 2.54. The zero-order valence-corrected chi connectivity index (χ0v) is 15.4. The summed E-state index contributed by atoms with van der Waals surface area (Å²) in [6, 6.07) is 0. The molecular formula is C17H27N3O2S. The minimum absolute atomic E-state index is 0.199. The van der Waals surface area contributed by atoms with E-state index in [4.69, 9.17) is 4.74 Å². The molecule has 2 rings (SSSR count). The molecule has 6 heteroatoms. The molecule has 2 heterocycles. The lowest BCUT2D eigenvalue weighted by Crippen LogP contribution is -2.43. The second-order valence-electron chi connectivity index (χ2n) is 5.92. The monoisotopic (exact) mass is 337 g/mol. The second-order valence-corrected chi connectivity index (χ2v) is 6.69. The van der Waals surface area contributed by atoms with Gasteiger partial charge in [0.2, 0.25) is 5.91 Å². The number of ether oxygens (including phenoxy) is 1. The summed E-state index contributed by atoms with van der Waals surface area (Å²) in [5, 5.41) is 0.797. The normalized spacial score (nSPS) is 18.3. The first kappa shape index (κ1) is 18.2. The van der Waals surface area contributed by atoms with Crippen LogP contribution in [0.1, 0.15) is 43.1 Å². The van der Waals surface area contributed by atoms with Gasteiger partial charge in [-0.1, -0.05) is 11.8 Å². The second kappa shape index (κ2) is 8.64. The molecule has 128 valence electrons.